The molecule has 1 fully saturated rings. The van der Waals surface area contributed by atoms with Crippen molar-refractivity contribution in [1.82, 2.24) is 14.3 Å². The van der Waals surface area contributed by atoms with Crippen LogP contribution in [-0.2, 0) is 6.54 Å². The predicted molar refractivity (Wildman–Crippen MR) is 79.0 cm³/mol. The minimum absolute atomic E-state index is 0.0307. The third-order valence-electron chi connectivity index (χ3n) is 4.14. The molecule has 0 aromatic carbocycles. The van der Waals surface area contributed by atoms with E-state index >= 15 is 0 Å². The van der Waals surface area contributed by atoms with Gasteiger partial charge in [0.1, 0.15) is 0 Å². The lowest BCUT2D eigenvalue weighted by Crippen LogP contribution is -2.46. The van der Waals surface area contributed by atoms with Gasteiger partial charge in [-0.15, -0.1) is 11.3 Å². The summed E-state index contributed by atoms with van der Waals surface area (Å²) < 4.78 is 1.57. The Morgan fingerprint density at radius 1 is 1.55 bits per heavy atom. The molecule has 0 aliphatic carbocycles. The van der Waals surface area contributed by atoms with Crippen molar-refractivity contribution in [3.05, 3.63) is 33.7 Å². The fourth-order valence-corrected chi connectivity index (χ4v) is 3.74. The number of aliphatic hydroxyl groups is 1. The van der Waals surface area contributed by atoms with E-state index in [1.807, 2.05) is 5.38 Å². The van der Waals surface area contributed by atoms with Crippen molar-refractivity contribution >= 4 is 16.3 Å². The molecule has 5 nitrogen and oxygen atoms in total. The van der Waals surface area contributed by atoms with Gasteiger partial charge >= 0.3 is 0 Å². The Bertz CT molecular complexity index is 651. The lowest BCUT2D eigenvalue weighted by Gasteiger charge is -2.38. The van der Waals surface area contributed by atoms with Gasteiger partial charge in [0.05, 0.1) is 12.3 Å². The van der Waals surface area contributed by atoms with Crippen LogP contribution in [0.3, 0.4) is 0 Å². The van der Waals surface area contributed by atoms with E-state index in [9.17, 15) is 9.90 Å². The third-order valence-corrected chi connectivity index (χ3v) is 4.90. The number of likely N-dealkylation sites (tertiary alicyclic amines) is 1. The minimum atomic E-state index is -0.0307. The molecular formula is C14H19N3O2S. The Hall–Kier alpha value is -1.24. The van der Waals surface area contributed by atoms with Gasteiger partial charge in [-0.3, -0.25) is 14.1 Å². The summed E-state index contributed by atoms with van der Waals surface area (Å²) in [6, 6.07) is 1.78. The van der Waals surface area contributed by atoms with Gasteiger partial charge in [-0.25, -0.2) is 4.98 Å². The molecule has 20 heavy (non-hydrogen) atoms. The molecule has 2 atom stereocenters. The van der Waals surface area contributed by atoms with Gasteiger partial charge in [0.2, 0.25) is 0 Å². The molecular weight excluding hydrogens is 274 g/mol. The van der Waals surface area contributed by atoms with Crippen LogP contribution in [0, 0.1) is 5.92 Å². The molecule has 2 aromatic rings. The van der Waals surface area contributed by atoms with Crippen LogP contribution >= 0.6 is 11.3 Å². The summed E-state index contributed by atoms with van der Waals surface area (Å²) in [6.07, 6.45) is 4.04. The van der Waals surface area contributed by atoms with E-state index in [0.717, 1.165) is 30.0 Å². The first kappa shape index (κ1) is 13.7. The van der Waals surface area contributed by atoms with Crippen molar-refractivity contribution in [2.45, 2.75) is 32.4 Å². The highest BCUT2D eigenvalue weighted by molar-refractivity contribution is 7.15. The van der Waals surface area contributed by atoms with Crippen LogP contribution in [0.5, 0.6) is 0 Å². The summed E-state index contributed by atoms with van der Waals surface area (Å²) >= 11 is 1.47. The second-order valence-corrected chi connectivity index (χ2v) is 6.35. The molecule has 0 amide bonds. The van der Waals surface area contributed by atoms with Gasteiger partial charge in [-0.2, -0.15) is 0 Å². The van der Waals surface area contributed by atoms with Crippen LogP contribution in [0.4, 0.5) is 0 Å². The van der Waals surface area contributed by atoms with E-state index in [4.69, 9.17) is 0 Å². The molecule has 1 aliphatic heterocycles. The third kappa shape index (κ3) is 2.51. The van der Waals surface area contributed by atoms with Crippen LogP contribution < -0.4 is 5.56 Å². The molecule has 0 bridgehead atoms. The quantitative estimate of drug-likeness (QED) is 0.928. The maximum atomic E-state index is 12.0. The predicted octanol–water partition coefficient (Wildman–Crippen LogP) is 1.35. The lowest BCUT2D eigenvalue weighted by molar-refractivity contribution is 0.0464. The van der Waals surface area contributed by atoms with E-state index in [2.05, 4.69) is 16.8 Å². The second-order valence-electron chi connectivity index (χ2n) is 5.48. The normalized spacial score (nSPS) is 24.3. The van der Waals surface area contributed by atoms with Crippen LogP contribution in [0.1, 0.15) is 25.5 Å². The standard InChI is InChI=1S/C14H19N3O2S/c1-10-3-2-4-16(12(10)9-18)8-11-7-13(19)17-5-6-20-14(17)15-11/h5-7,10,12,18H,2-4,8-9H2,1H3. The summed E-state index contributed by atoms with van der Waals surface area (Å²) in [5, 5.41) is 11.4. The van der Waals surface area contributed by atoms with Crippen molar-refractivity contribution in [1.29, 1.82) is 0 Å². The molecule has 1 aliphatic rings. The van der Waals surface area contributed by atoms with Crippen LogP contribution in [0.2, 0.25) is 0 Å². The van der Waals surface area contributed by atoms with E-state index in [0.29, 0.717) is 12.5 Å². The average molecular weight is 293 g/mol. The molecule has 0 spiro atoms. The summed E-state index contributed by atoms with van der Waals surface area (Å²) in [5.74, 6) is 0.486. The number of aromatic nitrogens is 2. The SMILES string of the molecule is CC1CCCN(Cc2cc(=O)n3ccsc3n2)C1CO. The van der Waals surface area contributed by atoms with Crippen molar-refractivity contribution in [2.24, 2.45) is 5.92 Å². The summed E-state index contributed by atoms with van der Waals surface area (Å²) in [7, 11) is 0. The first-order chi connectivity index (χ1) is 9.69. The highest BCUT2D eigenvalue weighted by Gasteiger charge is 2.28. The molecule has 3 heterocycles. The van der Waals surface area contributed by atoms with Gasteiger partial charge < -0.3 is 5.11 Å². The smallest absolute Gasteiger partial charge is 0.258 e. The Balaban J connectivity index is 1.86. The monoisotopic (exact) mass is 293 g/mol. The maximum absolute atomic E-state index is 12.0. The average Bonchev–Trinajstić information content (AvgIpc) is 2.88. The number of fused-ring (bicyclic) bond motifs is 1. The molecule has 0 radical (unpaired) electrons. The highest BCUT2D eigenvalue weighted by atomic mass is 32.1. The number of hydrogen-bond acceptors (Lipinski definition) is 5. The summed E-state index contributed by atoms with van der Waals surface area (Å²) in [5.41, 5.74) is 0.766. The van der Waals surface area contributed by atoms with Gasteiger partial charge in [-0.1, -0.05) is 6.92 Å². The highest BCUT2D eigenvalue weighted by Crippen LogP contribution is 2.24. The molecule has 0 saturated carbocycles. The zero-order valence-corrected chi connectivity index (χ0v) is 12.3. The van der Waals surface area contributed by atoms with Gasteiger partial charge in [0, 0.05) is 30.2 Å². The Labute approximate surface area is 121 Å². The maximum Gasteiger partial charge on any atom is 0.258 e. The molecule has 1 N–H and O–H groups in total. The van der Waals surface area contributed by atoms with Gasteiger partial charge in [0.25, 0.3) is 5.56 Å². The number of piperidine rings is 1. The fourth-order valence-electron chi connectivity index (χ4n) is 3.00. The van der Waals surface area contributed by atoms with Crippen LogP contribution in [0.25, 0.3) is 4.96 Å². The largest absolute Gasteiger partial charge is 0.395 e. The Morgan fingerprint density at radius 3 is 3.20 bits per heavy atom. The summed E-state index contributed by atoms with van der Waals surface area (Å²) in [6.45, 7) is 3.94. The second kappa shape index (κ2) is 5.63. The fraction of sp³-hybridized carbons (Fsp3) is 0.571. The van der Waals surface area contributed by atoms with Crippen LogP contribution in [-0.4, -0.2) is 38.6 Å². The molecule has 2 unspecified atom stereocenters. The van der Waals surface area contributed by atoms with Gasteiger partial charge in [0.15, 0.2) is 4.96 Å². The first-order valence-electron chi connectivity index (χ1n) is 6.99. The van der Waals surface area contributed by atoms with Crippen molar-refractivity contribution in [2.75, 3.05) is 13.2 Å². The number of nitrogens with zero attached hydrogens (tertiary/aromatic N) is 3. The summed E-state index contributed by atoms with van der Waals surface area (Å²) in [4.78, 5) is 19.5. The van der Waals surface area contributed by atoms with Gasteiger partial charge in [-0.05, 0) is 25.3 Å². The van der Waals surface area contributed by atoms with E-state index in [1.165, 1.54) is 11.3 Å². The number of aliphatic hydroxyl groups excluding tert-OH is 1. The zero-order chi connectivity index (χ0) is 14.1. The number of thiazole rings is 1. The molecule has 2 aromatic heterocycles. The van der Waals surface area contributed by atoms with Crippen molar-refractivity contribution in [3.8, 4) is 0 Å². The lowest BCUT2D eigenvalue weighted by atomic mass is 9.91. The minimum Gasteiger partial charge on any atom is -0.395 e. The van der Waals surface area contributed by atoms with E-state index in [1.54, 1.807) is 16.7 Å². The Morgan fingerprint density at radius 2 is 2.40 bits per heavy atom. The molecule has 108 valence electrons. The van der Waals surface area contributed by atoms with Crippen LogP contribution in [0.15, 0.2) is 22.4 Å². The van der Waals surface area contributed by atoms with Crippen molar-refractivity contribution in [3.63, 3.8) is 0 Å². The zero-order valence-electron chi connectivity index (χ0n) is 11.5. The Kier molecular flexibility index (Phi) is 3.87. The topological polar surface area (TPSA) is 57.8 Å². The number of rotatable bonds is 3. The molecule has 3 rings (SSSR count). The first-order valence-corrected chi connectivity index (χ1v) is 7.87. The number of hydrogen-bond donors (Lipinski definition) is 1. The van der Waals surface area contributed by atoms with Crippen molar-refractivity contribution < 1.29 is 5.11 Å². The molecule has 6 heteroatoms. The van der Waals surface area contributed by atoms with E-state index < -0.39 is 0 Å². The van der Waals surface area contributed by atoms with E-state index in [-0.39, 0.29) is 18.2 Å². The molecule has 1 saturated heterocycles.